The Morgan fingerprint density at radius 2 is 2.03 bits per heavy atom. The number of fused-ring (bicyclic) bond motifs is 2. The molecule has 0 radical (unpaired) electrons. The Morgan fingerprint density at radius 3 is 2.76 bits per heavy atom. The number of hydrogen-bond donors (Lipinski definition) is 0. The highest BCUT2D eigenvalue weighted by atomic mass is 16.5. The van der Waals surface area contributed by atoms with Crippen molar-refractivity contribution in [2.24, 2.45) is 12.5 Å². The molecular formula is C24H29N3O2. The molecule has 1 aromatic heterocycles. The summed E-state index contributed by atoms with van der Waals surface area (Å²) in [6.45, 7) is 8.30. The molecule has 5 nitrogen and oxygen atoms in total. The van der Waals surface area contributed by atoms with Crippen LogP contribution >= 0.6 is 0 Å². The number of carbonyl (C=O) groups excluding carboxylic acids is 1. The van der Waals surface area contributed by atoms with Crippen LogP contribution in [0, 0.1) is 12.3 Å². The fourth-order valence-electron chi connectivity index (χ4n) is 4.93. The van der Waals surface area contributed by atoms with Crippen molar-refractivity contribution in [2.75, 3.05) is 7.11 Å². The summed E-state index contributed by atoms with van der Waals surface area (Å²) in [6, 6.07) is 10.9. The van der Waals surface area contributed by atoms with Crippen molar-refractivity contribution in [3.05, 3.63) is 58.1 Å². The van der Waals surface area contributed by atoms with Crippen LogP contribution in [0.15, 0.2) is 30.3 Å². The molecule has 0 N–H and O–H groups in total. The fraction of sp³-hybridized carbons (Fsp3) is 0.458. The van der Waals surface area contributed by atoms with E-state index in [0.29, 0.717) is 5.92 Å². The molecule has 0 fully saturated rings. The lowest BCUT2D eigenvalue weighted by molar-refractivity contribution is -0.151. The van der Waals surface area contributed by atoms with E-state index in [0.717, 1.165) is 34.1 Å². The fourth-order valence-corrected chi connectivity index (χ4v) is 4.93. The number of esters is 1. The van der Waals surface area contributed by atoms with Gasteiger partial charge in [-0.15, -0.1) is 5.10 Å². The molecule has 0 spiro atoms. The summed E-state index contributed by atoms with van der Waals surface area (Å²) in [6.07, 6.45) is 2.32. The lowest BCUT2D eigenvalue weighted by Gasteiger charge is -2.34. The highest BCUT2D eigenvalue weighted by molar-refractivity contribution is 5.82. The van der Waals surface area contributed by atoms with Crippen molar-refractivity contribution in [3.8, 4) is 0 Å². The third-order valence-corrected chi connectivity index (χ3v) is 6.70. The third kappa shape index (κ3) is 3.04. The number of aromatic nitrogens is 3. The standard InChI is InChI=1S/C24H29N3O2/c1-14-7-8-16-9-10-17(13-19(14)16)21(24(3,4)23(28)29-6)18-11-12-20-22(15(18)2)25-26-27(20)5/h9-14,21H,7-8H2,1-6H3. The monoisotopic (exact) mass is 391 g/mol. The third-order valence-electron chi connectivity index (χ3n) is 6.70. The number of nitrogens with zero attached hydrogens (tertiary/aromatic N) is 3. The van der Waals surface area contributed by atoms with E-state index in [9.17, 15) is 4.79 Å². The van der Waals surface area contributed by atoms with Crippen molar-refractivity contribution < 1.29 is 9.53 Å². The Labute approximate surface area is 172 Å². The van der Waals surface area contributed by atoms with Gasteiger partial charge in [0.1, 0.15) is 5.52 Å². The van der Waals surface area contributed by atoms with Crippen LogP contribution in [0.3, 0.4) is 0 Å². The summed E-state index contributed by atoms with van der Waals surface area (Å²) >= 11 is 0. The van der Waals surface area contributed by atoms with Crippen LogP contribution in [-0.4, -0.2) is 28.1 Å². The molecule has 2 aromatic carbocycles. The Hall–Kier alpha value is -2.69. The SMILES string of the molecule is COC(=O)C(C)(C)C(c1ccc2c(c1)C(C)CC2)c1ccc2c(nnn2C)c1C. The first-order valence-electron chi connectivity index (χ1n) is 10.3. The molecule has 0 saturated carbocycles. The largest absolute Gasteiger partial charge is 0.469 e. The first-order chi connectivity index (χ1) is 13.8. The molecule has 3 aromatic rings. The molecule has 29 heavy (non-hydrogen) atoms. The molecule has 2 unspecified atom stereocenters. The van der Waals surface area contributed by atoms with Gasteiger partial charge >= 0.3 is 5.97 Å². The van der Waals surface area contributed by atoms with Crippen LogP contribution in [0.25, 0.3) is 11.0 Å². The smallest absolute Gasteiger partial charge is 0.312 e. The van der Waals surface area contributed by atoms with Gasteiger partial charge in [-0.05, 0) is 73.4 Å². The molecule has 1 aliphatic carbocycles. The van der Waals surface area contributed by atoms with E-state index >= 15 is 0 Å². The number of ether oxygens (including phenoxy) is 1. The average Bonchev–Trinajstić information content (AvgIpc) is 3.26. The lowest BCUT2D eigenvalue weighted by atomic mass is 9.69. The van der Waals surface area contributed by atoms with Gasteiger partial charge in [0.25, 0.3) is 0 Å². The summed E-state index contributed by atoms with van der Waals surface area (Å²) in [5.41, 5.74) is 7.28. The molecule has 152 valence electrons. The highest BCUT2D eigenvalue weighted by Gasteiger charge is 2.41. The van der Waals surface area contributed by atoms with E-state index in [1.807, 2.05) is 27.0 Å². The predicted molar refractivity (Wildman–Crippen MR) is 114 cm³/mol. The van der Waals surface area contributed by atoms with Gasteiger partial charge in [0.05, 0.1) is 18.0 Å². The minimum absolute atomic E-state index is 0.139. The first-order valence-corrected chi connectivity index (χ1v) is 10.3. The van der Waals surface area contributed by atoms with Crippen LogP contribution in [0.4, 0.5) is 0 Å². The van der Waals surface area contributed by atoms with E-state index in [1.165, 1.54) is 24.7 Å². The number of aryl methyl sites for hydroxylation is 3. The molecule has 0 amide bonds. The second-order valence-corrected chi connectivity index (χ2v) is 8.90. The Morgan fingerprint density at radius 1 is 1.28 bits per heavy atom. The zero-order valence-corrected chi connectivity index (χ0v) is 18.1. The first kappa shape index (κ1) is 19.6. The quantitative estimate of drug-likeness (QED) is 0.607. The van der Waals surface area contributed by atoms with Gasteiger partial charge in [0.15, 0.2) is 0 Å². The Balaban J connectivity index is 1.94. The van der Waals surface area contributed by atoms with E-state index < -0.39 is 5.41 Å². The summed E-state index contributed by atoms with van der Waals surface area (Å²) in [5.74, 6) is 0.199. The summed E-state index contributed by atoms with van der Waals surface area (Å²) in [7, 11) is 3.36. The number of rotatable bonds is 4. The normalized spacial score (nSPS) is 17.4. The minimum atomic E-state index is -0.731. The maximum Gasteiger partial charge on any atom is 0.312 e. The molecule has 5 heteroatoms. The van der Waals surface area contributed by atoms with Crippen molar-refractivity contribution in [1.82, 2.24) is 15.0 Å². The number of hydrogen-bond acceptors (Lipinski definition) is 4. The van der Waals surface area contributed by atoms with Crippen LogP contribution in [0.5, 0.6) is 0 Å². The maximum absolute atomic E-state index is 12.8. The van der Waals surface area contributed by atoms with Crippen molar-refractivity contribution >= 4 is 17.0 Å². The molecule has 2 atom stereocenters. The van der Waals surface area contributed by atoms with Crippen LogP contribution < -0.4 is 0 Å². The molecular weight excluding hydrogens is 362 g/mol. The average molecular weight is 392 g/mol. The molecule has 0 aliphatic heterocycles. The summed E-state index contributed by atoms with van der Waals surface area (Å²) in [5, 5.41) is 8.54. The van der Waals surface area contributed by atoms with Crippen LogP contribution in [-0.2, 0) is 23.0 Å². The van der Waals surface area contributed by atoms with Crippen molar-refractivity contribution in [2.45, 2.75) is 52.4 Å². The van der Waals surface area contributed by atoms with Gasteiger partial charge < -0.3 is 4.74 Å². The van der Waals surface area contributed by atoms with Gasteiger partial charge in [0.2, 0.25) is 0 Å². The van der Waals surface area contributed by atoms with Crippen molar-refractivity contribution in [3.63, 3.8) is 0 Å². The highest BCUT2D eigenvalue weighted by Crippen LogP contribution is 2.45. The van der Waals surface area contributed by atoms with Gasteiger partial charge in [-0.2, -0.15) is 0 Å². The Bertz CT molecular complexity index is 1100. The summed E-state index contributed by atoms with van der Waals surface area (Å²) in [4.78, 5) is 12.8. The molecule has 1 heterocycles. The van der Waals surface area contributed by atoms with Gasteiger partial charge in [-0.25, -0.2) is 4.68 Å². The topological polar surface area (TPSA) is 57.0 Å². The number of benzene rings is 2. The van der Waals surface area contributed by atoms with Crippen LogP contribution in [0.1, 0.15) is 66.8 Å². The van der Waals surface area contributed by atoms with E-state index in [4.69, 9.17) is 4.74 Å². The second kappa shape index (κ2) is 6.97. The van der Waals surface area contributed by atoms with Gasteiger partial charge in [-0.1, -0.05) is 36.4 Å². The maximum atomic E-state index is 12.8. The van der Waals surface area contributed by atoms with E-state index in [2.05, 4.69) is 48.4 Å². The molecule has 4 rings (SSSR count). The van der Waals surface area contributed by atoms with E-state index in [1.54, 1.807) is 4.68 Å². The molecule has 0 bridgehead atoms. The Kier molecular flexibility index (Phi) is 4.72. The van der Waals surface area contributed by atoms with Crippen molar-refractivity contribution in [1.29, 1.82) is 0 Å². The minimum Gasteiger partial charge on any atom is -0.469 e. The predicted octanol–water partition coefficient (Wildman–Crippen LogP) is 4.66. The molecule has 1 aliphatic rings. The van der Waals surface area contributed by atoms with Gasteiger partial charge in [0, 0.05) is 13.0 Å². The van der Waals surface area contributed by atoms with E-state index in [-0.39, 0.29) is 11.9 Å². The van der Waals surface area contributed by atoms with Gasteiger partial charge in [-0.3, -0.25) is 4.79 Å². The zero-order chi connectivity index (χ0) is 20.9. The molecule has 0 saturated heterocycles. The number of carbonyl (C=O) groups is 1. The lowest BCUT2D eigenvalue weighted by Crippen LogP contribution is -2.34. The summed E-state index contributed by atoms with van der Waals surface area (Å²) < 4.78 is 6.99. The number of methoxy groups -OCH3 is 1. The zero-order valence-electron chi connectivity index (χ0n) is 18.1. The van der Waals surface area contributed by atoms with Crippen LogP contribution in [0.2, 0.25) is 0 Å². The second-order valence-electron chi connectivity index (χ2n) is 8.90.